The number of hydrazine groups is 1. The zero-order chi connectivity index (χ0) is 23.1. The first-order valence-electron chi connectivity index (χ1n) is 9.97. The number of fused-ring (bicyclic) bond motifs is 1. The maximum Gasteiger partial charge on any atom is 0.337 e. The second-order valence-electron chi connectivity index (χ2n) is 6.88. The number of esters is 1. The van der Waals surface area contributed by atoms with Gasteiger partial charge in [0.15, 0.2) is 10.8 Å². The van der Waals surface area contributed by atoms with E-state index < -0.39 is 0 Å². The van der Waals surface area contributed by atoms with Crippen LogP contribution in [0.15, 0.2) is 52.1 Å². The first-order valence-corrected chi connectivity index (χ1v) is 11.2. The molecule has 0 amide bonds. The fourth-order valence-corrected chi connectivity index (χ4v) is 4.39. The highest BCUT2D eigenvalue weighted by molar-refractivity contribution is 7.11. The number of nitrogens with one attached hydrogen (secondary N) is 1. The number of benzene rings is 1. The maximum atomic E-state index is 12.1. The van der Waals surface area contributed by atoms with Crippen molar-refractivity contribution in [2.75, 3.05) is 33.9 Å². The van der Waals surface area contributed by atoms with Crippen LogP contribution in [0.1, 0.15) is 18.4 Å². The fraction of sp³-hybridized carbons (Fsp3) is 0.381. The van der Waals surface area contributed by atoms with Gasteiger partial charge in [-0.25, -0.2) is 19.2 Å². The molecule has 0 bridgehead atoms. The molecule has 1 saturated heterocycles. The number of hydrogen-bond acceptors (Lipinski definition) is 9. The van der Waals surface area contributed by atoms with Crippen LogP contribution in [0.5, 0.6) is 0 Å². The summed E-state index contributed by atoms with van der Waals surface area (Å²) < 4.78 is 17.0. The highest BCUT2D eigenvalue weighted by atomic mass is 35.5. The number of aliphatic imine (C=N–C) groups is 1. The van der Waals surface area contributed by atoms with Gasteiger partial charge < -0.3 is 9.64 Å². The molecule has 1 unspecified atom stereocenters. The van der Waals surface area contributed by atoms with E-state index >= 15 is 0 Å². The number of rotatable bonds is 6. The number of ether oxygens (including phenoxy) is 1. The summed E-state index contributed by atoms with van der Waals surface area (Å²) in [5.41, 5.74) is 4.49. The van der Waals surface area contributed by atoms with Crippen molar-refractivity contribution in [3.05, 3.63) is 63.0 Å². The highest BCUT2D eigenvalue weighted by Gasteiger charge is 2.39. The van der Waals surface area contributed by atoms with Crippen molar-refractivity contribution in [3.63, 3.8) is 0 Å². The number of methoxy groups -OCH3 is 1. The summed E-state index contributed by atoms with van der Waals surface area (Å²) in [5, 5.41) is 5.24. The summed E-state index contributed by atoms with van der Waals surface area (Å²) in [6, 6.07) is 5.98. The summed E-state index contributed by atoms with van der Waals surface area (Å²) in [6.07, 6.45) is 2.49. The quantitative estimate of drug-likeness (QED) is 0.501. The second-order valence-corrected chi connectivity index (χ2v) is 8.21. The first kappa shape index (κ1) is 24.3. The molecule has 8 nitrogen and oxygen atoms in total. The minimum absolute atomic E-state index is 0.160. The third-order valence-corrected chi connectivity index (χ3v) is 5.98. The van der Waals surface area contributed by atoms with Gasteiger partial charge >= 0.3 is 5.97 Å². The number of carbonyl (C=O) groups excluding carboxylic acids is 1. The molecule has 2 aliphatic heterocycles. The predicted molar refractivity (Wildman–Crippen MR) is 122 cm³/mol. The smallest absolute Gasteiger partial charge is 0.337 e. The zero-order valence-electron chi connectivity index (χ0n) is 18.0. The lowest BCUT2D eigenvalue weighted by atomic mass is 10.1. The van der Waals surface area contributed by atoms with Gasteiger partial charge in [-0.2, -0.15) is 0 Å². The van der Waals surface area contributed by atoms with E-state index in [0.717, 1.165) is 29.5 Å². The largest absolute Gasteiger partial charge is 0.466 e. The lowest BCUT2D eigenvalue weighted by molar-refractivity contribution is -0.136. The molecule has 2 aromatic rings. The maximum absolute atomic E-state index is 12.1. The molecule has 0 radical (unpaired) electrons. The molecule has 3 heterocycles. The normalized spacial score (nSPS) is 17.6. The monoisotopic (exact) mass is 481 g/mol. The number of halogens is 2. The van der Waals surface area contributed by atoms with Crippen LogP contribution in [0, 0.1) is 5.82 Å². The lowest BCUT2D eigenvalue weighted by Gasteiger charge is -2.28. The van der Waals surface area contributed by atoms with E-state index in [1.165, 1.54) is 19.2 Å². The highest BCUT2D eigenvalue weighted by Crippen LogP contribution is 2.33. The van der Waals surface area contributed by atoms with Crippen LogP contribution >= 0.6 is 22.9 Å². The van der Waals surface area contributed by atoms with E-state index in [2.05, 4.69) is 27.4 Å². The molecule has 4 rings (SSSR count). The third kappa shape index (κ3) is 5.70. The molecular weight excluding hydrogens is 457 g/mol. The standard InChI is InChI=1S/C15H21N5O3S.C6H4ClF/c1-4-20(18-23-3)10-7-12-11(15(21)22-2)8-17-13(19(12)9-10)14-16-5-6-24-14;7-5-2-1-3-6(8)4-5/h5-6,10,18H,4,7-9H2,1-3H3;1-4H. The van der Waals surface area contributed by atoms with Gasteiger partial charge in [0.05, 0.1) is 26.3 Å². The average molecular weight is 482 g/mol. The molecule has 0 aliphatic carbocycles. The van der Waals surface area contributed by atoms with Crippen molar-refractivity contribution in [1.82, 2.24) is 20.5 Å². The molecule has 1 aromatic heterocycles. The van der Waals surface area contributed by atoms with Gasteiger partial charge in [-0.05, 0) is 18.2 Å². The minimum atomic E-state index is -0.319. The van der Waals surface area contributed by atoms with Gasteiger partial charge in [0.25, 0.3) is 0 Å². The van der Waals surface area contributed by atoms with E-state index in [9.17, 15) is 9.18 Å². The van der Waals surface area contributed by atoms with Crippen molar-refractivity contribution in [2.24, 2.45) is 4.99 Å². The van der Waals surface area contributed by atoms with Crippen LogP contribution in [0.3, 0.4) is 0 Å². The number of likely N-dealkylation sites (N-methyl/N-ethyl adjacent to an activating group) is 1. The van der Waals surface area contributed by atoms with Crippen LogP contribution in [0.4, 0.5) is 4.39 Å². The number of carbonyl (C=O) groups is 1. The molecule has 1 aromatic carbocycles. The van der Waals surface area contributed by atoms with Crippen molar-refractivity contribution in [3.8, 4) is 0 Å². The molecule has 1 atom stereocenters. The van der Waals surface area contributed by atoms with E-state index in [4.69, 9.17) is 21.2 Å². The van der Waals surface area contributed by atoms with Gasteiger partial charge in [-0.15, -0.1) is 16.9 Å². The Morgan fingerprint density at radius 3 is 2.81 bits per heavy atom. The van der Waals surface area contributed by atoms with Crippen LogP contribution in [0.25, 0.3) is 0 Å². The van der Waals surface area contributed by atoms with Crippen molar-refractivity contribution < 1.29 is 18.8 Å². The average Bonchev–Trinajstić information content (AvgIpc) is 3.47. The zero-order valence-corrected chi connectivity index (χ0v) is 19.6. The number of nitrogens with zero attached hydrogens (tertiary/aromatic N) is 4. The Balaban J connectivity index is 0.000000305. The Bertz CT molecular complexity index is 968. The number of hydrogen-bond donors (Lipinski definition) is 1. The fourth-order valence-electron chi connectivity index (χ4n) is 3.56. The second kappa shape index (κ2) is 11.5. The van der Waals surface area contributed by atoms with E-state index in [-0.39, 0.29) is 17.8 Å². The SMILES string of the molecule is CCN(NOC)C1CC2=C(C(=O)OC)CN=C(c3nccs3)N2C1.Fc1cccc(Cl)c1. The van der Waals surface area contributed by atoms with E-state index in [1.54, 1.807) is 36.8 Å². The van der Waals surface area contributed by atoms with Gasteiger partial charge in [0.2, 0.25) is 0 Å². The van der Waals surface area contributed by atoms with Gasteiger partial charge in [0.1, 0.15) is 5.82 Å². The summed E-state index contributed by atoms with van der Waals surface area (Å²) >= 11 is 6.95. The molecule has 1 N–H and O–H groups in total. The number of aromatic nitrogens is 1. The Morgan fingerprint density at radius 1 is 1.44 bits per heavy atom. The number of thiazole rings is 1. The van der Waals surface area contributed by atoms with Crippen LogP contribution in [-0.2, 0) is 14.4 Å². The van der Waals surface area contributed by atoms with Crippen molar-refractivity contribution >= 4 is 34.7 Å². The summed E-state index contributed by atoms with van der Waals surface area (Å²) in [6.45, 7) is 3.86. The predicted octanol–water partition coefficient (Wildman–Crippen LogP) is 3.27. The van der Waals surface area contributed by atoms with Gasteiger partial charge in [-0.1, -0.05) is 24.6 Å². The van der Waals surface area contributed by atoms with Crippen molar-refractivity contribution in [2.45, 2.75) is 19.4 Å². The van der Waals surface area contributed by atoms with Crippen LogP contribution in [-0.4, -0.2) is 66.6 Å². The first-order chi connectivity index (χ1) is 15.5. The molecular formula is C21H25ClFN5O3S. The van der Waals surface area contributed by atoms with Gasteiger partial charge in [-0.3, -0.25) is 9.83 Å². The molecule has 0 saturated carbocycles. The summed E-state index contributed by atoms with van der Waals surface area (Å²) in [7, 11) is 2.99. The van der Waals surface area contributed by atoms with E-state index in [1.807, 2.05) is 10.4 Å². The summed E-state index contributed by atoms with van der Waals surface area (Å²) in [4.78, 5) is 28.2. The lowest BCUT2D eigenvalue weighted by Crippen LogP contribution is -2.46. The van der Waals surface area contributed by atoms with E-state index in [0.29, 0.717) is 23.7 Å². The molecule has 172 valence electrons. The molecule has 0 spiro atoms. The molecule has 32 heavy (non-hydrogen) atoms. The topological polar surface area (TPSA) is 79.3 Å². The molecule has 1 fully saturated rings. The van der Waals surface area contributed by atoms with Crippen LogP contribution in [0.2, 0.25) is 5.02 Å². The minimum Gasteiger partial charge on any atom is -0.466 e. The number of amidine groups is 1. The Labute approximate surface area is 195 Å². The Hall–Kier alpha value is -2.37. The van der Waals surface area contributed by atoms with Gasteiger partial charge in [0, 0.05) is 47.8 Å². The summed E-state index contributed by atoms with van der Waals surface area (Å²) in [5.74, 6) is 0.210. The molecule has 2 aliphatic rings. The Kier molecular flexibility index (Phi) is 8.71. The Morgan fingerprint density at radius 2 is 2.25 bits per heavy atom. The van der Waals surface area contributed by atoms with Crippen molar-refractivity contribution in [1.29, 1.82) is 0 Å². The molecule has 11 heteroatoms. The third-order valence-electron chi connectivity index (χ3n) is 4.97. The van der Waals surface area contributed by atoms with Crippen LogP contribution < -0.4 is 5.59 Å².